The molecule has 4 heteroatoms. The van der Waals surface area contributed by atoms with Crippen molar-refractivity contribution in [3.05, 3.63) is 0 Å². The average Bonchev–Trinajstić information content (AvgIpc) is 2.14. The van der Waals surface area contributed by atoms with Gasteiger partial charge >= 0.3 is 0 Å². The van der Waals surface area contributed by atoms with Gasteiger partial charge in [0, 0.05) is 19.1 Å². The largest absolute Gasteiger partial charge is 0.374 e. The summed E-state index contributed by atoms with van der Waals surface area (Å²) in [6.07, 6.45) is 1.30. The first-order chi connectivity index (χ1) is 6.63. The number of hydrogen-bond acceptors (Lipinski definition) is 4. The lowest BCUT2D eigenvalue weighted by molar-refractivity contribution is -0.0418. The molecule has 1 fully saturated rings. The summed E-state index contributed by atoms with van der Waals surface area (Å²) in [5, 5.41) is 0. The lowest BCUT2D eigenvalue weighted by Crippen LogP contribution is -2.53. The molecule has 0 aliphatic carbocycles. The molecule has 1 heterocycles. The van der Waals surface area contributed by atoms with E-state index in [4.69, 9.17) is 10.6 Å². The Labute approximate surface area is 86.8 Å². The van der Waals surface area contributed by atoms with Gasteiger partial charge in [0.1, 0.15) is 0 Å². The highest BCUT2D eigenvalue weighted by atomic mass is 16.5. The summed E-state index contributed by atoms with van der Waals surface area (Å²) < 4.78 is 5.72. The molecular weight excluding hydrogens is 178 g/mol. The standard InChI is InChI=1S/C10H23N3O/c1-8(2)6-9(12-11)10-7-13(3)4-5-14-10/h8-10,12H,4-7,11H2,1-3H3. The van der Waals surface area contributed by atoms with Crippen molar-refractivity contribution >= 4 is 0 Å². The fraction of sp³-hybridized carbons (Fsp3) is 1.00. The van der Waals surface area contributed by atoms with E-state index in [-0.39, 0.29) is 12.1 Å². The van der Waals surface area contributed by atoms with Crippen molar-refractivity contribution in [3.8, 4) is 0 Å². The fourth-order valence-electron chi connectivity index (χ4n) is 1.89. The quantitative estimate of drug-likeness (QED) is 0.504. The van der Waals surface area contributed by atoms with Gasteiger partial charge in [-0.2, -0.15) is 0 Å². The van der Waals surface area contributed by atoms with Crippen molar-refractivity contribution in [2.24, 2.45) is 11.8 Å². The predicted octanol–water partition coefficient (Wildman–Crippen LogP) is 0.195. The first kappa shape index (κ1) is 11.9. The van der Waals surface area contributed by atoms with Gasteiger partial charge < -0.3 is 9.64 Å². The maximum Gasteiger partial charge on any atom is 0.0868 e. The van der Waals surface area contributed by atoms with Crippen molar-refractivity contribution in [1.82, 2.24) is 10.3 Å². The van der Waals surface area contributed by atoms with Gasteiger partial charge in [-0.1, -0.05) is 13.8 Å². The Kier molecular flexibility index (Phi) is 4.81. The third-order valence-corrected chi connectivity index (χ3v) is 2.68. The van der Waals surface area contributed by atoms with Crippen LogP contribution in [-0.4, -0.2) is 43.8 Å². The Morgan fingerprint density at radius 2 is 2.29 bits per heavy atom. The van der Waals surface area contributed by atoms with Crippen LogP contribution >= 0.6 is 0 Å². The van der Waals surface area contributed by atoms with Gasteiger partial charge in [-0.25, -0.2) is 0 Å². The number of morpholine rings is 1. The zero-order valence-electron chi connectivity index (χ0n) is 9.49. The summed E-state index contributed by atoms with van der Waals surface area (Å²) in [4.78, 5) is 2.29. The van der Waals surface area contributed by atoms with Crippen LogP contribution in [0.1, 0.15) is 20.3 Å². The molecule has 0 bridgehead atoms. The molecule has 0 aromatic carbocycles. The Morgan fingerprint density at radius 1 is 1.57 bits per heavy atom. The molecule has 1 rings (SSSR count). The zero-order chi connectivity index (χ0) is 10.6. The summed E-state index contributed by atoms with van der Waals surface area (Å²) >= 11 is 0. The van der Waals surface area contributed by atoms with E-state index >= 15 is 0 Å². The van der Waals surface area contributed by atoms with Gasteiger partial charge in [0.25, 0.3) is 0 Å². The first-order valence-corrected chi connectivity index (χ1v) is 5.39. The molecule has 0 spiro atoms. The van der Waals surface area contributed by atoms with Crippen LogP contribution in [0.3, 0.4) is 0 Å². The first-order valence-electron chi connectivity index (χ1n) is 5.39. The van der Waals surface area contributed by atoms with Crippen LogP contribution in [0.4, 0.5) is 0 Å². The minimum Gasteiger partial charge on any atom is -0.374 e. The number of likely N-dealkylation sites (N-methyl/N-ethyl adjacent to an activating group) is 1. The summed E-state index contributed by atoms with van der Waals surface area (Å²) in [6, 6.07) is 0.276. The molecule has 0 amide bonds. The third kappa shape index (κ3) is 3.53. The molecule has 1 aliphatic heterocycles. The topological polar surface area (TPSA) is 50.5 Å². The number of hydrogen-bond donors (Lipinski definition) is 2. The van der Waals surface area contributed by atoms with Crippen molar-refractivity contribution < 1.29 is 4.74 Å². The van der Waals surface area contributed by atoms with Crippen LogP contribution in [0.2, 0.25) is 0 Å². The lowest BCUT2D eigenvalue weighted by atomic mass is 9.99. The molecule has 84 valence electrons. The lowest BCUT2D eigenvalue weighted by Gasteiger charge is -2.35. The molecule has 1 saturated heterocycles. The van der Waals surface area contributed by atoms with Crippen LogP contribution in [-0.2, 0) is 4.74 Å². The van der Waals surface area contributed by atoms with Gasteiger partial charge in [0.2, 0.25) is 0 Å². The number of hydrazine groups is 1. The summed E-state index contributed by atoms with van der Waals surface area (Å²) in [5.41, 5.74) is 2.87. The number of rotatable bonds is 4. The van der Waals surface area contributed by atoms with Gasteiger partial charge in [-0.3, -0.25) is 11.3 Å². The van der Waals surface area contributed by atoms with Crippen molar-refractivity contribution in [3.63, 3.8) is 0 Å². The molecule has 3 N–H and O–H groups in total. The monoisotopic (exact) mass is 201 g/mol. The molecule has 0 saturated carbocycles. The Morgan fingerprint density at radius 3 is 2.79 bits per heavy atom. The van der Waals surface area contributed by atoms with E-state index in [1.807, 2.05) is 0 Å². The summed E-state index contributed by atoms with van der Waals surface area (Å²) in [7, 11) is 2.12. The zero-order valence-corrected chi connectivity index (χ0v) is 9.49. The predicted molar refractivity (Wildman–Crippen MR) is 57.8 cm³/mol. The van der Waals surface area contributed by atoms with Crippen molar-refractivity contribution in [2.45, 2.75) is 32.4 Å². The highest BCUT2D eigenvalue weighted by molar-refractivity contribution is 4.81. The van der Waals surface area contributed by atoms with Gasteiger partial charge in [-0.05, 0) is 19.4 Å². The van der Waals surface area contributed by atoms with Crippen LogP contribution < -0.4 is 11.3 Å². The average molecular weight is 201 g/mol. The molecule has 14 heavy (non-hydrogen) atoms. The van der Waals surface area contributed by atoms with Crippen LogP contribution in [0.15, 0.2) is 0 Å². The molecule has 2 atom stereocenters. The smallest absolute Gasteiger partial charge is 0.0868 e. The van der Waals surface area contributed by atoms with E-state index in [1.165, 1.54) is 0 Å². The Bertz CT molecular complexity index is 161. The summed E-state index contributed by atoms with van der Waals surface area (Å²) in [5.74, 6) is 6.19. The fourth-order valence-corrected chi connectivity index (χ4v) is 1.89. The van der Waals surface area contributed by atoms with Crippen LogP contribution in [0.25, 0.3) is 0 Å². The van der Waals surface area contributed by atoms with E-state index in [9.17, 15) is 0 Å². The van der Waals surface area contributed by atoms with E-state index in [1.54, 1.807) is 0 Å². The maximum atomic E-state index is 5.72. The third-order valence-electron chi connectivity index (χ3n) is 2.68. The molecule has 2 unspecified atom stereocenters. The highest BCUT2D eigenvalue weighted by Gasteiger charge is 2.26. The number of nitrogens with two attached hydrogens (primary N) is 1. The van der Waals surface area contributed by atoms with Crippen LogP contribution in [0.5, 0.6) is 0 Å². The second-order valence-electron chi connectivity index (χ2n) is 4.57. The SMILES string of the molecule is CC(C)CC(NN)C1CN(C)CCO1. The van der Waals surface area contributed by atoms with E-state index < -0.39 is 0 Å². The minimum absolute atomic E-state index is 0.237. The van der Waals surface area contributed by atoms with Crippen LogP contribution in [0, 0.1) is 5.92 Å². The normalized spacial score (nSPS) is 26.8. The van der Waals surface area contributed by atoms with Gasteiger partial charge in [0.05, 0.1) is 12.7 Å². The van der Waals surface area contributed by atoms with E-state index in [0.717, 1.165) is 26.1 Å². The van der Waals surface area contributed by atoms with Gasteiger partial charge in [0.15, 0.2) is 0 Å². The molecule has 4 nitrogen and oxygen atoms in total. The van der Waals surface area contributed by atoms with Crippen molar-refractivity contribution in [2.75, 3.05) is 26.7 Å². The molecule has 0 aromatic rings. The molecule has 1 aliphatic rings. The highest BCUT2D eigenvalue weighted by Crippen LogP contribution is 2.13. The second-order valence-corrected chi connectivity index (χ2v) is 4.57. The number of nitrogens with zero attached hydrogens (tertiary/aromatic N) is 1. The molecular formula is C10H23N3O. The van der Waals surface area contributed by atoms with E-state index in [0.29, 0.717) is 5.92 Å². The number of nitrogens with one attached hydrogen (secondary N) is 1. The minimum atomic E-state index is 0.237. The van der Waals surface area contributed by atoms with E-state index in [2.05, 4.69) is 31.2 Å². The summed E-state index contributed by atoms with van der Waals surface area (Å²) in [6.45, 7) is 7.22. The molecule has 0 radical (unpaired) electrons. The Hall–Kier alpha value is -0.160. The Balaban J connectivity index is 2.42. The second kappa shape index (κ2) is 5.66. The number of ether oxygens (including phenoxy) is 1. The molecule has 0 aromatic heterocycles. The maximum absolute atomic E-state index is 5.72. The van der Waals surface area contributed by atoms with Crippen molar-refractivity contribution in [1.29, 1.82) is 0 Å². The van der Waals surface area contributed by atoms with Gasteiger partial charge in [-0.15, -0.1) is 0 Å².